The van der Waals surface area contributed by atoms with Crippen molar-refractivity contribution in [1.82, 2.24) is 19.4 Å². The van der Waals surface area contributed by atoms with Gasteiger partial charge in [0, 0.05) is 44.3 Å². The molecule has 182 valence electrons. The summed E-state index contributed by atoms with van der Waals surface area (Å²) in [5, 5.41) is 0.450. The van der Waals surface area contributed by atoms with Crippen molar-refractivity contribution in [3.63, 3.8) is 0 Å². The molecule has 0 bridgehead atoms. The van der Waals surface area contributed by atoms with Crippen LogP contribution < -0.4 is 16.0 Å². The number of hydrogen-bond acceptors (Lipinski definition) is 5. The van der Waals surface area contributed by atoms with Crippen molar-refractivity contribution >= 4 is 16.8 Å². The van der Waals surface area contributed by atoms with Gasteiger partial charge in [0.2, 0.25) is 5.91 Å². The lowest BCUT2D eigenvalue weighted by Crippen LogP contribution is -2.50. The van der Waals surface area contributed by atoms with Crippen LogP contribution in [0.1, 0.15) is 38.5 Å². The molecule has 0 spiro atoms. The number of allylic oxidation sites excluding steroid dienone is 1. The molecule has 8 heteroatoms. The van der Waals surface area contributed by atoms with Gasteiger partial charge >= 0.3 is 5.69 Å². The maximum Gasteiger partial charge on any atom is 0.328 e. The third-order valence-corrected chi connectivity index (χ3v) is 7.87. The van der Waals surface area contributed by atoms with Gasteiger partial charge in [-0.25, -0.2) is 4.79 Å². The van der Waals surface area contributed by atoms with E-state index in [1.54, 1.807) is 25.3 Å². The quantitative estimate of drug-likeness (QED) is 0.707. The first-order chi connectivity index (χ1) is 16.4. The number of ether oxygens (including phenoxy) is 1. The molecule has 0 radical (unpaired) electrons. The molecule has 1 N–H and O–H groups in total. The van der Waals surface area contributed by atoms with Gasteiger partial charge in [-0.1, -0.05) is 6.58 Å². The Labute approximate surface area is 199 Å². The van der Waals surface area contributed by atoms with Crippen molar-refractivity contribution in [2.24, 2.45) is 17.8 Å². The van der Waals surface area contributed by atoms with E-state index in [0.717, 1.165) is 51.9 Å². The van der Waals surface area contributed by atoms with Crippen molar-refractivity contribution in [2.75, 3.05) is 33.3 Å². The van der Waals surface area contributed by atoms with Gasteiger partial charge in [-0.15, -0.1) is 0 Å². The molecule has 34 heavy (non-hydrogen) atoms. The van der Waals surface area contributed by atoms with E-state index < -0.39 is 0 Å². The summed E-state index contributed by atoms with van der Waals surface area (Å²) in [5.74, 6) is 1.78. The van der Waals surface area contributed by atoms with Crippen molar-refractivity contribution in [1.29, 1.82) is 0 Å². The van der Waals surface area contributed by atoms with E-state index in [4.69, 9.17) is 4.74 Å². The van der Waals surface area contributed by atoms with Gasteiger partial charge < -0.3 is 19.5 Å². The number of carbonyl (C=O) groups excluding carboxylic acids is 1. The second-order valence-electron chi connectivity index (χ2n) is 10.1. The number of nitrogens with one attached hydrogen (secondary N) is 1. The van der Waals surface area contributed by atoms with E-state index in [-0.39, 0.29) is 29.0 Å². The minimum atomic E-state index is -0.383. The van der Waals surface area contributed by atoms with E-state index in [9.17, 15) is 14.4 Å². The van der Waals surface area contributed by atoms with Gasteiger partial charge in [0.15, 0.2) is 0 Å². The zero-order valence-electron chi connectivity index (χ0n) is 19.9. The Morgan fingerprint density at radius 1 is 1.00 bits per heavy atom. The highest BCUT2D eigenvalue weighted by Crippen LogP contribution is 2.37. The van der Waals surface area contributed by atoms with Gasteiger partial charge in [0.1, 0.15) is 5.75 Å². The van der Waals surface area contributed by atoms with Crippen LogP contribution in [0.25, 0.3) is 10.9 Å². The lowest BCUT2D eigenvalue weighted by atomic mass is 9.81. The predicted octanol–water partition coefficient (Wildman–Crippen LogP) is 2.57. The first-order valence-corrected chi connectivity index (χ1v) is 12.5. The first-order valence-electron chi connectivity index (χ1n) is 12.5. The summed E-state index contributed by atoms with van der Waals surface area (Å²) >= 11 is 0. The molecule has 3 fully saturated rings. The highest BCUT2D eigenvalue weighted by molar-refractivity contribution is 5.79. The number of aromatic amines is 1. The average molecular weight is 467 g/mol. The third kappa shape index (κ3) is 4.50. The lowest BCUT2D eigenvalue weighted by molar-refractivity contribution is -0.138. The van der Waals surface area contributed by atoms with Gasteiger partial charge in [-0.2, -0.15) is 0 Å². The van der Waals surface area contributed by atoms with Gasteiger partial charge in [0.25, 0.3) is 5.56 Å². The molecule has 0 atom stereocenters. The smallest absolute Gasteiger partial charge is 0.328 e. The monoisotopic (exact) mass is 466 g/mol. The van der Waals surface area contributed by atoms with Crippen LogP contribution in [-0.2, 0) is 11.3 Å². The van der Waals surface area contributed by atoms with Crippen molar-refractivity contribution in [2.45, 2.75) is 45.1 Å². The van der Waals surface area contributed by atoms with Crippen LogP contribution in [0.15, 0.2) is 40.1 Å². The molecule has 2 aliphatic carbocycles. The zero-order valence-corrected chi connectivity index (χ0v) is 19.9. The molecule has 1 saturated heterocycles. The normalized spacial score (nSPS) is 23.2. The fourth-order valence-corrected chi connectivity index (χ4v) is 5.52. The number of fused-ring (bicyclic) bond motifs is 1. The van der Waals surface area contributed by atoms with E-state index in [1.165, 1.54) is 23.1 Å². The number of aromatic nitrogens is 2. The Balaban J connectivity index is 1.18. The van der Waals surface area contributed by atoms with Crippen molar-refractivity contribution < 1.29 is 9.53 Å². The number of amides is 1. The van der Waals surface area contributed by atoms with Gasteiger partial charge in [-0.3, -0.25) is 14.2 Å². The molecule has 1 aliphatic heterocycles. The minimum Gasteiger partial charge on any atom is -0.497 e. The fraction of sp³-hybridized carbons (Fsp3) is 0.577. The second-order valence-corrected chi connectivity index (χ2v) is 10.1. The topological polar surface area (TPSA) is 87.6 Å². The van der Waals surface area contributed by atoms with Crippen LogP contribution in [0, 0.1) is 17.8 Å². The molecular weight excluding hydrogens is 432 g/mol. The fourth-order valence-electron chi connectivity index (χ4n) is 5.52. The van der Waals surface area contributed by atoms with Crippen molar-refractivity contribution in [3.8, 4) is 5.75 Å². The summed E-state index contributed by atoms with van der Waals surface area (Å²) in [7, 11) is 1.55. The Morgan fingerprint density at radius 3 is 2.29 bits per heavy atom. The largest absolute Gasteiger partial charge is 0.497 e. The SMILES string of the molecule is C=C(C1CC1)N1CCN(C(=O)C2CCC(Cn3c(=O)[nH]c4ccc(OC)cc4c3=O)CC2)CC1. The van der Waals surface area contributed by atoms with E-state index >= 15 is 0 Å². The third-order valence-electron chi connectivity index (χ3n) is 7.87. The van der Waals surface area contributed by atoms with E-state index in [1.807, 2.05) is 4.90 Å². The molecule has 2 saturated carbocycles. The Morgan fingerprint density at radius 2 is 1.65 bits per heavy atom. The summed E-state index contributed by atoms with van der Waals surface area (Å²) in [5.41, 5.74) is 1.10. The molecule has 1 aromatic heterocycles. The summed E-state index contributed by atoms with van der Waals surface area (Å²) in [6.07, 6.45) is 5.83. The highest BCUT2D eigenvalue weighted by Gasteiger charge is 2.34. The summed E-state index contributed by atoms with van der Waals surface area (Å²) < 4.78 is 6.54. The maximum absolute atomic E-state index is 13.1. The van der Waals surface area contributed by atoms with Crippen LogP contribution in [0.3, 0.4) is 0 Å². The van der Waals surface area contributed by atoms with Crippen LogP contribution >= 0.6 is 0 Å². The summed E-state index contributed by atoms with van der Waals surface area (Å²) in [4.78, 5) is 45.9. The van der Waals surface area contributed by atoms with Crippen LogP contribution in [0.5, 0.6) is 5.75 Å². The number of methoxy groups -OCH3 is 1. The number of hydrogen-bond donors (Lipinski definition) is 1. The molecule has 1 aromatic carbocycles. The van der Waals surface area contributed by atoms with E-state index in [2.05, 4.69) is 16.5 Å². The summed E-state index contributed by atoms with van der Waals surface area (Å²) in [6, 6.07) is 5.09. The number of benzene rings is 1. The van der Waals surface area contributed by atoms with Crippen LogP contribution in [-0.4, -0.2) is 58.5 Å². The molecule has 3 aliphatic rings. The first kappa shape index (κ1) is 22.7. The molecule has 1 amide bonds. The lowest BCUT2D eigenvalue weighted by Gasteiger charge is -2.39. The van der Waals surface area contributed by atoms with Crippen LogP contribution in [0.2, 0.25) is 0 Å². The number of H-pyrrole nitrogens is 1. The molecule has 0 unspecified atom stereocenters. The molecule has 5 rings (SSSR count). The number of piperazine rings is 1. The standard InChI is InChI=1S/C26H34N4O4/c1-17(19-7-8-19)28-11-13-29(14-12-28)24(31)20-5-3-18(4-6-20)16-30-25(32)22-15-21(34-2)9-10-23(22)27-26(30)33/h9-10,15,18-20H,1,3-8,11-14,16H2,2H3,(H,27,33). The highest BCUT2D eigenvalue weighted by atomic mass is 16.5. The number of rotatable bonds is 6. The summed E-state index contributed by atoms with van der Waals surface area (Å²) in [6.45, 7) is 7.94. The van der Waals surface area contributed by atoms with Crippen molar-refractivity contribution in [3.05, 3.63) is 51.3 Å². The molecule has 2 aromatic rings. The van der Waals surface area contributed by atoms with Gasteiger partial charge in [-0.05, 0) is 68.6 Å². The number of nitrogens with zero attached hydrogens (tertiary/aromatic N) is 3. The van der Waals surface area contributed by atoms with Crippen LogP contribution in [0.4, 0.5) is 0 Å². The minimum absolute atomic E-state index is 0.0466. The Hall–Kier alpha value is -3.03. The Bertz CT molecular complexity index is 1200. The van der Waals surface area contributed by atoms with Gasteiger partial charge in [0.05, 0.1) is 18.0 Å². The second kappa shape index (κ2) is 9.31. The zero-order chi connectivity index (χ0) is 23.8. The predicted molar refractivity (Wildman–Crippen MR) is 131 cm³/mol. The average Bonchev–Trinajstić information content (AvgIpc) is 3.72. The van der Waals surface area contributed by atoms with E-state index in [0.29, 0.717) is 29.1 Å². The molecule has 2 heterocycles. The maximum atomic E-state index is 13.1. The Kier molecular flexibility index (Phi) is 6.23. The number of carbonyl (C=O) groups is 1. The molecular formula is C26H34N4O4. The molecule has 8 nitrogen and oxygen atoms in total.